The van der Waals surface area contributed by atoms with Crippen LogP contribution in [0, 0.1) is 23.2 Å². The lowest BCUT2D eigenvalue weighted by Crippen LogP contribution is -2.46. The van der Waals surface area contributed by atoms with E-state index in [1.807, 2.05) is 24.3 Å². The minimum Gasteiger partial charge on any atom is -0.423 e. The highest BCUT2D eigenvalue weighted by molar-refractivity contribution is 7.99. The smallest absolute Gasteiger partial charge is 0.423 e. The summed E-state index contributed by atoms with van der Waals surface area (Å²) >= 11 is 1.46. The molecule has 2 fully saturated rings. The van der Waals surface area contributed by atoms with E-state index in [0.717, 1.165) is 82.8 Å². The summed E-state index contributed by atoms with van der Waals surface area (Å²) in [6, 6.07) is 15.2. The number of unbranched alkanes of at least 4 members (excludes halogenated alkanes) is 6. The molecule has 0 aromatic heterocycles. The van der Waals surface area contributed by atoms with E-state index in [-0.39, 0.29) is 17.8 Å². The second kappa shape index (κ2) is 16.1. The number of benzene rings is 2. The van der Waals surface area contributed by atoms with Crippen molar-refractivity contribution in [3.05, 3.63) is 65.2 Å². The molecule has 0 spiro atoms. The highest BCUT2D eigenvalue weighted by Gasteiger charge is 2.57. The first-order valence-corrected chi connectivity index (χ1v) is 19.0. The van der Waals surface area contributed by atoms with Crippen LogP contribution in [0.15, 0.2) is 48.5 Å². The fourth-order valence-corrected chi connectivity index (χ4v) is 9.72. The fourth-order valence-electron chi connectivity index (χ4n) is 8.76. The average Bonchev–Trinajstić information content (AvgIpc) is 3.36. The van der Waals surface area contributed by atoms with Crippen LogP contribution in [0.3, 0.4) is 0 Å². The third-order valence-electron chi connectivity index (χ3n) is 11.4. The summed E-state index contributed by atoms with van der Waals surface area (Å²) < 4.78 is 68.6. The number of ether oxygens (including phenoxy) is 1. The Bertz CT molecular complexity index is 1380. The number of carbonyl (C=O) groups excluding carboxylic acids is 2. The zero-order valence-electron chi connectivity index (χ0n) is 28.0. The van der Waals surface area contributed by atoms with Gasteiger partial charge in [0.05, 0.1) is 5.56 Å². The van der Waals surface area contributed by atoms with Gasteiger partial charge >= 0.3 is 18.1 Å². The minimum atomic E-state index is -5.46. The summed E-state index contributed by atoms with van der Waals surface area (Å²) in [6.45, 7) is 2.22. The molecule has 9 heteroatoms. The van der Waals surface area contributed by atoms with Crippen LogP contribution in [0.25, 0.3) is 0 Å². The molecule has 5 rings (SSSR count). The van der Waals surface area contributed by atoms with E-state index in [2.05, 4.69) is 19.1 Å². The second-order valence-electron chi connectivity index (χ2n) is 14.5. The van der Waals surface area contributed by atoms with Gasteiger partial charge in [0.2, 0.25) is 0 Å². The first-order chi connectivity index (χ1) is 22.9. The van der Waals surface area contributed by atoms with Crippen LogP contribution in [0.1, 0.15) is 124 Å². The van der Waals surface area contributed by atoms with Gasteiger partial charge in [-0.05, 0) is 116 Å². The Balaban J connectivity index is 1.08. The van der Waals surface area contributed by atoms with Crippen molar-refractivity contribution in [3.63, 3.8) is 0 Å². The standard InChI is InChI=1S/C39H49F5O3S/c1-37-22-20-32-31-17-16-30(47-36(46)27-13-9-7-10-14-27)26-29(31)25-28(35(32)33(37)18-19-34(37)45)15-8-5-3-2-4-6-11-23-48-24-12-21-38(40,41)39(42,43)44/h7,9-10,13-14,16-17,26,28,32-33,35H,2-6,8,11-12,15,18-25H2,1H3/t28-,32?,33?,35?,37+/m1/s1. The van der Waals surface area contributed by atoms with E-state index in [0.29, 0.717) is 52.9 Å². The van der Waals surface area contributed by atoms with Crippen molar-refractivity contribution in [3.8, 4) is 5.75 Å². The molecule has 5 atom stereocenters. The quantitative estimate of drug-likeness (QED) is 0.0760. The lowest BCUT2D eigenvalue weighted by molar-refractivity contribution is -0.284. The van der Waals surface area contributed by atoms with E-state index in [1.54, 1.807) is 12.1 Å². The van der Waals surface area contributed by atoms with Gasteiger partial charge in [-0.15, -0.1) is 0 Å². The van der Waals surface area contributed by atoms with Gasteiger partial charge in [-0.1, -0.05) is 69.7 Å². The predicted octanol–water partition coefficient (Wildman–Crippen LogP) is 11.4. The Kier molecular flexibility index (Phi) is 12.3. The molecule has 48 heavy (non-hydrogen) atoms. The largest absolute Gasteiger partial charge is 0.453 e. The van der Waals surface area contributed by atoms with Crippen LogP contribution in [-0.2, 0) is 11.2 Å². The van der Waals surface area contributed by atoms with Gasteiger partial charge < -0.3 is 4.74 Å². The highest BCUT2D eigenvalue weighted by Crippen LogP contribution is 2.61. The molecule has 3 aliphatic carbocycles. The summed E-state index contributed by atoms with van der Waals surface area (Å²) in [5.74, 6) is -0.956. The third-order valence-corrected chi connectivity index (χ3v) is 12.5. The van der Waals surface area contributed by atoms with Gasteiger partial charge in [0.1, 0.15) is 11.5 Å². The molecule has 3 unspecified atom stereocenters. The fraction of sp³-hybridized carbons (Fsp3) is 0.641. The molecule has 3 nitrogen and oxygen atoms in total. The predicted molar refractivity (Wildman–Crippen MR) is 181 cm³/mol. The summed E-state index contributed by atoms with van der Waals surface area (Å²) in [7, 11) is 0. The number of fused-ring (bicyclic) bond motifs is 5. The zero-order chi connectivity index (χ0) is 34.4. The summed E-state index contributed by atoms with van der Waals surface area (Å²) in [6.07, 6.45) is 6.66. The molecule has 0 amide bonds. The molecule has 0 bridgehead atoms. The normalized spacial score (nSPS) is 25.3. The Morgan fingerprint density at radius 1 is 0.896 bits per heavy atom. The van der Waals surface area contributed by atoms with Crippen LogP contribution in [-0.4, -0.2) is 35.4 Å². The maximum atomic E-state index is 13.0. The van der Waals surface area contributed by atoms with Crippen LogP contribution in [0.5, 0.6) is 5.75 Å². The maximum absolute atomic E-state index is 13.0. The van der Waals surface area contributed by atoms with Crippen LogP contribution < -0.4 is 4.74 Å². The molecule has 0 aliphatic heterocycles. The van der Waals surface area contributed by atoms with Gasteiger partial charge in [0.15, 0.2) is 0 Å². The highest BCUT2D eigenvalue weighted by atomic mass is 32.2. The van der Waals surface area contributed by atoms with Crippen molar-refractivity contribution in [1.82, 2.24) is 0 Å². The van der Waals surface area contributed by atoms with Crippen molar-refractivity contribution in [2.45, 2.75) is 121 Å². The molecular formula is C39H49F5O3S. The minimum absolute atomic E-state index is 0.134. The molecule has 0 radical (unpaired) electrons. The molecule has 0 saturated heterocycles. The number of rotatable bonds is 16. The van der Waals surface area contributed by atoms with Gasteiger partial charge in [-0.25, -0.2) is 4.79 Å². The van der Waals surface area contributed by atoms with E-state index < -0.39 is 18.5 Å². The van der Waals surface area contributed by atoms with Crippen molar-refractivity contribution >= 4 is 23.5 Å². The molecule has 0 heterocycles. The van der Waals surface area contributed by atoms with Crippen LogP contribution in [0.4, 0.5) is 22.0 Å². The lowest BCUT2D eigenvalue weighted by Gasteiger charge is -2.51. The number of hydrogen-bond donors (Lipinski definition) is 0. The van der Waals surface area contributed by atoms with E-state index in [4.69, 9.17) is 4.74 Å². The average molecular weight is 693 g/mol. The number of esters is 1. The van der Waals surface area contributed by atoms with Gasteiger partial charge in [0.25, 0.3) is 0 Å². The van der Waals surface area contributed by atoms with Gasteiger partial charge in [0, 0.05) is 18.3 Å². The van der Waals surface area contributed by atoms with Crippen LogP contribution >= 0.6 is 11.8 Å². The first kappa shape index (κ1) is 36.9. The Morgan fingerprint density at radius 3 is 2.31 bits per heavy atom. The van der Waals surface area contributed by atoms with Crippen molar-refractivity contribution < 1.29 is 36.3 Å². The maximum Gasteiger partial charge on any atom is 0.453 e. The number of ketones is 1. The second-order valence-corrected chi connectivity index (χ2v) is 15.7. The molecule has 264 valence electrons. The van der Waals surface area contributed by atoms with Gasteiger partial charge in [-0.2, -0.15) is 33.7 Å². The molecule has 3 aliphatic rings. The van der Waals surface area contributed by atoms with Crippen LogP contribution in [0.2, 0.25) is 0 Å². The Labute approximate surface area is 286 Å². The number of thioether (sulfide) groups is 1. The number of hydrogen-bond acceptors (Lipinski definition) is 4. The molecule has 2 aromatic carbocycles. The number of halogens is 5. The zero-order valence-corrected chi connectivity index (χ0v) is 28.8. The molecule has 2 aromatic rings. The number of Topliss-reactive ketones (excluding diaryl/α,β-unsaturated/α-hetero) is 1. The summed E-state index contributed by atoms with van der Waals surface area (Å²) in [5.41, 5.74) is 2.97. The Morgan fingerprint density at radius 2 is 1.58 bits per heavy atom. The monoisotopic (exact) mass is 692 g/mol. The van der Waals surface area contributed by atoms with E-state index >= 15 is 0 Å². The molecule has 0 N–H and O–H groups in total. The SMILES string of the molecule is C[C@]12CCC3c4ccc(OC(=O)c5ccccc5)cc4C[C@@H](CCCCCCCCCSCCCC(F)(F)C(F)(F)F)C3C1CCC2=O. The summed E-state index contributed by atoms with van der Waals surface area (Å²) in [5, 5.41) is 0. The third kappa shape index (κ3) is 8.65. The van der Waals surface area contributed by atoms with Crippen molar-refractivity contribution in [2.24, 2.45) is 23.2 Å². The topological polar surface area (TPSA) is 43.4 Å². The first-order valence-electron chi connectivity index (χ1n) is 17.9. The van der Waals surface area contributed by atoms with Crippen molar-refractivity contribution in [2.75, 3.05) is 11.5 Å². The van der Waals surface area contributed by atoms with Crippen molar-refractivity contribution in [1.29, 1.82) is 0 Å². The summed E-state index contributed by atoms with van der Waals surface area (Å²) in [4.78, 5) is 25.8. The Hall–Kier alpha value is -2.42. The molecule has 2 saturated carbocycles. The van der Waals surface area contributed by atoms with Gasteiger partial charge in [-0.3, -0.25) is 4.79 Å². The number of carbonyl (C=O) groups is 2. The van der Waals surface area contributed by atoms with E-state index in [1.165, 1.54) is 22.9 Å². The lowest BCUT2D eigenvalue weighted by atomic mass is 9.52. The van der Waals surface area contributed by atoms with E-state index in [9.17, 15) is 31.5 Å². The molecular weight excluding hydrogens is 643 g/mol. The number of alkyl halides is 5.